The summed E-state index contributed by atoms with van der Waals surface area (Å²) in [5.41, 5.74) is 5.44. The molecule has 0 unspecified atom stereocenters. The van der Waals surface area contributed by atoms with Gasteiger partial charge in [0.2, 0.25) is 0 Å². The molecule has 0 fully saturated rings. The van der Waals surface area contributed by atoms with E-state index in [1.807, 2.05) is 24.3 Å². The van der Waals surface area contributed by atoms with E-state index in [-0.39, 0.29) is 5.78 Å². The number of rotatable bonds is 4. The van der Waals surface area contributed by atoms with Gasteiger partial charge < -0.3 is 4.42 Å². The third kappa shape index (κ3) is 3.36. The van der Waals surface area contributed by atoms with Gasteiger partial charge in [0, 0.05) is 12.5 Å². The number of furan rings is 1. The molecule has 0 radical (unpaired) electrons. The molecule has 3 heteroatoms. The van der Waals surface area contributed by atoms with Crippen molar-refractivity contribution in [3.05, 3.63) is 65.2 Å². The smallest absolute Gasteiger partial charge is 0.195 e. The Hall–Kier alpha value is -1.87. The molecule has 0 bridgehead atoms. The molecule has 0 aliphatic heterocycles. The third-order valence-corrected chi connectivity index (χ3v) is 4.09. The van der Waals surface area contributed by atoms with Gasteiger partial charge in [-0.05, 0) is 17.2 Å². The highest BCUT2D eigenvalue weighted by Crippen LogP contribution is 2.29. The van der Waals surface area contributed by atoms with Crippen LogP contribution < -0.4 is 0 Å². The van der Waals surface area contributed by atoms with E-state index in [0.29, 0.717) is 5.76 Å². The van der Waals surface area contributed by atoms with Crippen LogP contribution >= 0.6 is 0 Å². The van der Waals surface area contributed by atoms with Gasteiger partial charge in [-0.3, -0.25) is 4.79 Å². The molecule has 2 aromatic rings. The van der Waals surface area contributed by atoms with Gasteiger partial charge in [0.05, 0.1) is 14.3 Å². The highest BCUT2D eigenvalue weighted by molar-refractivity contribution is 6.81. The number of ketones is 1. The molecular weight excluding hydrogens is 264 g/mol. The molecule has 0 atom stereocenters. The van der Waals surface area contributed by atoms with Crippen molar-refractivity contribution < 1.29 is 9.21 Å². The summed E-state index contributed by atoms with van der Waals surface area (Å²) in [6.45, 7) is 8.38. The Kier molecular flexibility index (Phi) is 4.09. The number of carbonyl (C=O) groups excluding carboxylic acids is 1. The zero-order valence-corrected chi connectivity index (χ0v) is 13.4. The summed E-state index contributed by atoms with van der Waals surface area (Å²) in [5.74, 6) is 0.403. The summed E-state index contributed by atoms with van der Waals surface area (Å²) in [4.78, 5) is 11.7. The molecule has 1 aromatic heterocycles. The highest BCUT2D eigenvalue weighted by Gasteiger charge is 2.19. The normalized spacial score (nSPS) is 12.5. The summed E-state index contributed by atoms with van der Waals surface area (Å²) in [7, 11) is -1.43. The van der Waals surface area contributed by atoms with Crippen molar-refractivity contribution in [3.63, 3.8) is 0 Å². The van der Waals surface area contributed by atoms with Crippen molar-refractivity contribution in [2.75, 3.05) is 0 Å². The quantitative estimate of drug-likeness (QED) is 0.597. The number of hydrogen-bond acceptors (Lipinski definition) is 2. The molecule has 1 aromatic carbocycles. The Bertz CT molecular complexity index is 631. The van der Waals surface area contributed by atoms with E-state index in [4.69, 9.17) is 4.42 Å². The maximum Gasteiger partial charge on any atom is 0.195 e. The van der Waals surface area contributed by atoms with Crippen molar-refractivity contribution in [1.82, 2.24) is 0 Å². The van der Waals surface area contributed by atoms with E-state index in [9.17, 15) is 4.79 Å². The number of hydrogen-bond donors (Lipinski definition) is 0. The first-order chi connectivity index (χ1) is 9.38. The second-order valence-corrected chi connectivity index (χ2v) is 11.0. The van der Waals surface area contributed by atoms with Gasteiger partial charge in [-0.2, -0.15) is 0 Å². The SMILES string of the molecule is CC(=O)c1occc1/C(=C/[Si](C)(C)C)c1ccccc1. The Morgan fingerprint density at radius 1 is 1.10 bits per heavy atom. The van der Waals surface area contributed by atoms with E-state index >= 15 is 0 Å². The standard InChI is InChI=1S/C17H20O2Si/c1-13(18)17-15(10-11-19-17)16(12-20(2,3)4)14-8-6-5-7-9-14/h5-12H,1-4H3/b16-12+. The van der Waals surface area contributed by atoms with Gasteiger partial charge in [-0.1, -0.05) is 55.7 Å². The first-order valence-corrected chi connectivity index (χ1v) is 10.3. The minimum atomic E-state index is -1.43. The van der Waals surface area contributed by atoms with Crippen LogP contribution in [0.5, 0.6) is 0 Å². The number of benzene rings is 1. The molecule has 0 aliphatic rings. The van der Waals surface area contributed by atoms with Crippen LogP contribution in [-0.2, 0) is 0 Å². The predicted molar refractivity (Wildman–Crippen MR) is 85.6 cm³/mol. The predicted octanol–water partition coefficient (Wildman–Crippen LogP) is 4.79. The molecule has 104 valence electrons. The monoisotopic (exact) mass is 284 g/mol. The molecule has 20 heavy (non-hydrogen) atoms. The molecule has 0 aliphatic carbocycles. The summed E-state index contributed by atoms with van der Waals surface area (Å²) < 4.78 is 5.37. The van der Waals surface area contributed by atoms with Crippen LogP contribution in [0.15, 0.2) is 52.8 Å². The van der Waals surface area contributed by atoms with Gasteiger partial charge in [0.25, 0.3) is 0 Å². The molecule has 0 spiro atoms. The molecule has 2 rings (SSSR count). The van der Waals surface area contributed by atoms with Crippen molar-refractivity contribution in [3.8, 4) is 0 Å². The molecule has 0 amide bonds. The fraction of sp³-hybridized carbons (Fsp3) is 0.235. The molecule has 2 nitrogen and oxygen atoms in total. The van der Waals surface area contributed by atoms with Gasteiger partial charge in [0.1, 0.15) is 0 Å². The van der Waals surface area contributed by atoms with Crippen molar-refractivity contribution in [2.24, 2.45) is 0 Å². The van der Waals surface area contributed by atoms with Crippen LogP contribution in [0.25, 0.3) is 5.57 Å². The second kappa shape index (κ2) is 5.63. The van der Waals surface area contributed by atoms with E-state index in [2.05, 4.69) is 37.5 Å². The Balaban J connectivity index is 2.62. The lowest BCUT2D eigenvalue weighted by atomic mass is 9.99. The van der Waals surface area contributed by atoms with Crippen LogP contribution in [0, 0.1) is 0 Å². The minimum Gasteiger partial charge on any atom is -0.461 e. The Morgan fingerprint density at radius 3 is 2.30 bits per heavy atom. The molecule has 0 N–H and O–H groups in total. The van der Waals surface area contributed by atoms with E-state index < -0.39 is 8.07 Å². The van der Waals surface area contributed by atoms with E-state index in [1.165, 1.54) is 0 Å². The molecule has 0 saturated carbocycles. The second-order valence-electron chi connectivity index (χ2n) is 6.01. The van der Waals surface area contributed by atoms with Crippen LogP contribution in [0.1, 0.15) is 28.6 Å². The average Bonchev–Trinajstić information content (AvgIpc) is 2.85. The zero-order valence-electron chi connectivity index (χ0n) is 12.4. The average molecular weight is 284 g/mol. The van der Waals surface area contributed by atoms with Gasteiger partial charge in [0.15, 0.2) is 11.5 Å². The fourth-order valence-corrected chi connectivity index (χ4v) is 3.35. The number of carbonyl (C=O) groups is 1. The largest absolute Gasteiger partial charge is 0.461 e. The Labute approximate surface area is 121 Å². The molecular formula is C17H20O2Si. The van der Waals surface area contributed by atoms with E-state index in [0.717, 1.165) is 16.7 Å². The van der Waals surface area contributed by atoms with Crippen LogP contribution in [-0.4, -0.2) is 13.9 Å². The molecule has 0 saturated heterocycles. The first-order valence-electron chi connectivity index (χ1n) is 6.75. The third-order valence-electron chi connectivity index (χ3n) is 2.94. The van der Waals surface area contributed by atoms with Gasteiger partial charge in [-0.25, -0.2) is 0 Å². The van der Waals surface area contributed by atoms with E-state index in [1.54, 1.807) is 13.2 Å². The summed E-state index contributed by atoms with van der Waals surface area (Å²) in [5, 5.41) is 0. The maximum atomic E-state index is 11.7. The summed E-state index contributed by atoms with van der Waals surface area (Å²) in [6, 6.07) is 12.1. The summed E-state index contributed by atoms with van der Waals surface area (Å²) >= 11 is 0. The van der Waals surface area contributed by atoms with Crippen LogP contribution in [0.4, 0.5) is 0 Å². The van der Waals surface area contributed by atoms with Crippen LogP contribution in [0.2, 0.25) is 19.6 Å². The van der Waals surface area contributed by atoms with Crippen molar-refractivity contribution in [2.45, 2.75) is 26.6 Å². The van der Waals surface area contributed by atoms with Gasteiger partial charge >= 0.3 is 0 Å². The van der Waals surface area contributed by atoms with Crippen molar-refractivity contribution >= 4 is 19.4 Å². The Morgan fingerprint density at radius 2 is 1.75 bits per heavy atom. The van der Waals surface area contributed by atoms with Gasteiger partial charge in [-0.15, -0.1) is 0 Å². The lowest BCUT2D eigenvalue weighted by molar-refractivity contribution is 0.0987. The zero-order chi connectivity index (χ0) is 14.8. The fourth-order valence-electron chi connectivity index (χ4n) is 2.16. The van der Waals surface area contributed by atoms with Crippen molar-refractivity contribution in [1.29, 1.82) is 0 Å². The first kappa shape index (κ1) is 14.5. The lowest BCUT2D eigenvalue weighted by Crippen LogP contribution is -2.17. The minimum absolute atomic E-state index is 0.0394. The number of Topliss-reactive ketones (excluding diaryl/α,β-unsaturated/α-hetero) is 1. The highest BCUT2D eigenvalue weighted by atomic mass is 28.3. The topological polar surface area (TPSA) is 30.2 Å². The van der Waals surface area contributed by atoms with Crippen LogP contribution in [0.3, 0.4) is 0 Å². The molecule has 1 heterocycles. The lowest BCUT2D eigenvalue weighted by Gasteiger charge is -2.15. The summed E-state index contributed by atoms with van der Waals surface area (Å²) in [6.07, 6.45) is 1.59. The maximum absolute atomic E-state index is 11.7.